The molecule has 1 atom stereocenters. The monoisotopic (exact) mass is 418 g/mol. The molecule has 0 saturated heterocycles. The fraction of sp³-hybridized carbons (Fsp3) is 0.167. The molecule has 9 heteroatoms. The third kappa shape index (κ3) is 3.99. The number of aryl methyl sites for hydroxylation is 1. The van der Waals surface area contributed by atoms with Crippen molar-refractivity contribution < 1.29 is 32.5 Å². The Balaban J connectivity index is 2.02. The largest absolute Gasteiger partial charge is 0.478 e. The van der Waals surface area contributed by atoms with Crippen molar-refractivity contribution in [2.24, 2.45) is 0 Å². The number of rotatable bonds is 3. The van der Waals surface area contributed by atoms with E-state index >= 15 is 0 Å². The van der Waals surface area contributed by atoms with E-state index in [1.54, 1.807) is 25.1 Å². The Morgan fingerprint density at radius 3 is 2.48 bits per heavy atom. The smallest absolute Gasteiger partial charge is 0.430 e. The number of ether oxygens (including phenoxy) is 2. The molecule has 1 heterocycles. The molecule has 0 fully saturated rings. The first-order valence-corrected chi connectivity index (χ1v) is 8.27. The highest BCUT2D eigenvalue weighted by Crippen LogP contribution is 2.43. The van der Waals surface area contributed by atoms with Gasteiger partial charge >= 0.3 is 12.1 Å². The number of carbonyl (C=O) groups is 1. The van der Waals surface area contributed by atoms with Crippen molar-refractivity contribution in [2.45, 2.75) is 19.2 Å². The number of alkyl halides is 3. The second-order valence-corrected chi connectivity index (χ2v) is 6.62. The summed E-state index contributed by atoms with van der Waals surface area (Å²) in [7, 11) is 0. The number of carboxylic acid groups (broad SMARTS) is 1. The molecule has 27 heavy (non-hydrogen) atoms. The zero-order valence-electron chi connectivity index (χ0n) is 13.6. The van der Waals surface area contributed by atoms with Gasteiger partial charge in [-0.05, 0) is 42.8 Å². The summed E-state index contributed by atoms with van der Waals surface area (Å²) in [5.74, 6) is -1.44. The molecule has 0 spiro atoms. The molecule has 2 aromatic rings. The number of hydrogen-bond donors (Lipinski definition) is 1. The maximum atomic E-state index is 13.2. The predicted octanol–water partition coefficient (Wildman–Crippen LogP) is 5.89. The molecule has 4 nitrogen and oxygen atoms in total. The van der Waals surface area contributed by atoms with Crippen molar-refractivity contribution in [3.63, 3.8) is 0 Å². The first-order valence-electron chi connectivity index (χ1n) is 7.52. The van der Waals surface area contributed by atoms with E-state index in [-0.39, 0.29) is 22.1 Å². The number of aliphatic carboxylic acids is 1. The van der Waals surface area contributed by atoms with Gasteiger partial charge in [0.05, 0.1) is 10.6 Å². The Kier molecular flexibility index (Phi) is 5.01. The predicted molar refractivity (Wildman–Crippen MR) is 93.8 cm³/mol. The van der Waals surface area contributed by atoms with Crippen molar-refractivity contribution in [3.05, 3.63) is 57.1 Å². The van der Waals surface area contributed by atoms with Gasteiger partial charge in [-0.1, -0.05) is 23.2 Å². The summed E-state index contributed by atoms with van der Waals surface area (Å²) < 4.78 is 50.1. The van der Waals surface area contributed by atoms with Gasteiger partial charge in [-0.15, -0.1) is 0 Å². The second-order valence-electron chi connectivity index (χ2n) is 5.78. The minimum absolute atomic E-state index is 0.0638. The van der Waals surface area contributed by atoms with Crippen molar-refractivity contribution in [3.8, 4) is 17.2 Å². The first-order chi connectivity index (χ1) is 12.6. The molecule has 0 aromatic heterocycles. The highest BCUT2D eigenvalue weighted by molar-refractivity contribution is 6.32. The topological polar surface area (TPSA) is 55.8 Å². The quantitative estimate of drug-likeness (QED) is 0.675. The molecule has 3 rings (SSSR count). The molecule has 1 aliphatic rings. The third-order valence-electron chi connectivity index (χ3n) is 3.80. The van der Waals surface area contributed by atoms with Crippen LogP contribution in [-0.4, -0.2) is 23.4 Å². The van der Waals surface area contributed by atoms with Crippen LogP contribution < -0.4 is 9.47 Å². The van der Waals surface area contributed by atoms with Crippen molar-refractivity contribution in [2.75, 3.05) is 0 Å². The summed E-state index contributed by atoms with van der Waals surface area (Å²) in [6, 6.07) is 7.32. The van der Waals surface area contributed by atoms with Gasteiger partial charge in [0, 0.05) is 16.7 Å². The normalized spacial score (nSPS) is 16.2. The SMILES string of the molecule is Cc1cc(Cl)ccc1Oc1cc2c(cc1Cl)C=C(C(=O)O)[C@@H](C(F)(F)F)O2. The van der Waals surface area contributed by atoms with Crippen LogP contribution in [0.3, 0.4) is 0 Å². The molecule has 142 valence electrons. The van der Waals surface area contributed by atoms with Gasteiger partial charge < -0.3 is 14.6 Å². The fourth-order valence-corrected chi connectivity index (χ4v) is 2.98. The zero-order valence-corrected chi connectivity index (χ0v) is 15.1. The van der Waals surface area contributed by atoms with Crippen LogP contribution in [0.15, 0.2) is 35.9 Å². The molecule has 0 amide bonds. The maximum absolute atomic E-state index is 13.2. The summed E-state index contributed by atoms with van der Waals surface area (Å²) in [5, 5.41) is 9.63. The third-order valence-corrected chi connectivity index (χ3v) is 4.33. The van der Waals surface area contributed by atoms with Crippen LogP contribution in [0.5, 0.6) is 17.2 Å². The van der Waals surface area contributed by atoms with E-state index < -0.39 is 23.8 Å². The van der Waals surface area contributed by atoms with Crippen LogP contribution in [0, 0.1) is 6.92 Å². The fourth-order valence-electron chi connectivity index (χ4n) is 2.54. The molecule has 1 N–H and O–H groups in total. The number of hydrogen-bond acceptors (Lipinski definition) is 3. The van der Waals surface area contributed by atoms with Crippen molar-refractivity contribution in [1.82, 2.24) is 0 Å². The molecule has 0 aliphatic carbocycles. The summed E-state index contributed by atoms with van der Waals surface area (Å²) in [5.41, 5.74) is -0.121. The van der Waals surface area contributed by atoms with E-state index in [0.29, 0.717) is 16.3 Å². The first kappa shape index (κ1) is 19.4. The van der Waals surface area contributed by atoms with Gasteiger partial charge in [-0.3, -0.25) is 0 Å². The van der Waals surface area contributed by atoms with E-state index in [0.717, 1.165) is 6.08 Å². The Morgan fingerprint density at radius 2 is 1.89 bits per heavy atom. The molecule has 0 bridgehead atoms. The number of carboxylic acids is 1. The summed E-state index contributed by atoms with van der Waals surface area (Å²) in [6.07, 6.45) is -6.59. The number of halogens is 5. The van der Waals surface area contributed by atoms with Crippen LogP contribution >= 0.6 is 23.2 Å². The molecule has 0 unspecified atom stereocenters. The molecule has 2 aromatic carbocycles. The highest BCUT2D eigenvalue weighted by Gasteiger charge is 2.48. The van der Waals surface area contributed by atoms with E-state index in [1.807, 2.05) is 0 Å². The van der Waals surface area contributed by atoms with E-state index in [4.69, 9.17) is 37.8 Å². The van der Waals surface area contributed by atoms with Crippen LogP contribution in [0.25, 0.3) is 6.08 Å². The minimum Gasteiger partial charge on any atom is -0.478 e. The van der Waals surface area contributed by atoms with E-state index in [1.165, 1.54) is 12.1 Å². The van der Waals surface area contributed by atoms with Gasteiger partial charge in [0.25, 0.3) is 0 Å². The van der Waals surface area contributed by atoms with Gasteiger partial charge in [0.2, 0.25) is 6.10 Å². The Hall–Kier alpha value is -2.38. The van der Waals surface area contributed by atoms with Crippen molar-refractivity contribution in [1.29, 1.82) is 0 Å². The highest BCUT2D eigenvalue weighted by atomic mass is 35.5. The average molecular weight is 419 g/mol. The maximum Gasteiger partial charge on any atom is 0.430 e. The molecular formula is C18H11Cl2F3O4. The zero-order chi connectivity index (χ0) is 19.9. The van der Waals surface area contributed by atoms with Crippen LogP contribution in [0.2, 0.25) is 10.0 Å². The van der Waals surface area contributed by atoms with Crippen LogP contribution in [-0.2, 0) is 4.79 Å². The molecular weight excluding hydrogens is 408 g/mol. The number of benzene rings is 2. The van der Waals surface area contributed by atoms with Crippen LogP contribution in [0.1, 0.15) is 11.1 Å². The summed E-state index contributed by atoms with van der Waals surface area (Å²) in [4.78, 5) is 11.2. The second kappa shape index (κ2) is 6.98. The van der Waals surface area contributed by atoms with Gasteiger partial charge in [0.15, 0.2) is 0 Å². The lowest BCUT2D eigenvalue weighted by atomic mass is 10.0. The van der Waals surface area contributed by atoms with Gasteiger partial charge in [0.1, 0.15) is 17.2 Å². The van der Waals surface area contributed by atoms with E-state index in [2.05, 4.69) is 0 Å². The Labute approximate surface area is 161 Å². The lowest BCUT2D eigenvalue weighted by Crippen LogP contribution is -2.40. The molecule has 0 radical (unpaired) electrons. The lowest BCUT2D eigenvalue weighted by Gasteiger charge is -2.27. The van der Waals surface area contributed by atoms with E-state index in [9.17, 15) is 18.0 Å². The Bertz CT molecular complexity index is 954. The Morgan fingerprint density at radius 1 is 1.19 bits per heavy atom. The van der Waals surface area contributed by atoms with Gasteiger partial charge in [-0.2, -0.15) is 13.2 Å². The van der Waals surface area contributed by atoms with Gasteiger partial charge in [-0.25, -0.2) is 4.79 Å². The average Bonchev–Trinajstić information content (AvgIpc) is 2.55. The standard InChI is InChI=1S/C18H11Cl2F3O4/c1-8-4-10(19)2-3-13(8)26-15-7-14-9(6-12(15)20)5-11(17(24)25)16(27-14)18(21,22)23/h2-7,16H,1H3,(H,24,25)/t16-/m0/s1. The number of fused-ring (bicyclic) bond motifs is 1. The molecule has 1 aliphatic heterocycles. The molecule has 0 saturated carbocycles. The lowest BCUT2D eigenvalue weighted by molar-refractivity contribution is -0.187. The van der Waals surface area contributed by atoms with Crippen molar-refractivity contribution >= 4 is 35.2 Å². The van der Waals surface area contributed by atoms with Crippen LogP contribution in [0.4, 0.5) is 13.2 Å². The summed E-state index contributed by atoms with van der Waals surface area (Å²) >= 11 is 12.0. The minimum atomic E-state index is -4.89. The summed E-state index contributed by atoms with van der Waals surface area (Å²) in [6.45, 7) is 1.74.